The van der Waals surface area contributed by atoms with E-state index in [1.54, 1.807) is 23.3 Å². The minimum absolute atomic E-state index is 0.346. The van der Waals surface area contributed by atoms with Crippen LogP contribution < -0.4 is 5.73 Å². The van der Waals surface area contributed by atoms with Gasteiger partial charge in [-0.25, -0.2) is 4.68 Å². The van der Waals surface area contributed by atoms with Gasteiger partial charge >= 0.3 is 0 Å². The number of aromatic nitrogens is 6. The zero-order valence-electron chi connectivity index (χ0n) is 10.3. The van der Waals surface area contributed by atoms with Gasteiger partial charge in [-0.2, -0.15) is 4.98 Å². The fourth-order valence-electron chi connectivity index (χ4n) is 1.62. The molecule has 0 aromatic carbocycles. The molecule has 0 atom stereocenters. The molecule has 3 heterocycles. The first kappa shape index (κ1) is 12.9. The maximum Gasteiger partial charge on any atom is 0.248 e. The largest absolute Gasteiger partial charge is 0.337 e. The van der Waals surface area contributed by atoms with Gasteiger partial charge in [-0.05, 0) is 22.0 Å². The minimum Gasteiger partial charge on any atom is -0.337 e. The van der Waals surface area contributed by atoms with Gasteiger partial charge in [0.2, 0.25) is 11.7 Å². The molecular weight excluding hydrogens is 326 g/mol. The van der Waals surface area contributed by atoms with Crippen LogP contribution in [0, 0.1) is 0 Å². The van der Waals surface area contributed by atoms with Gasteiger partial charge in [-0.1, -0.05) is 10.4 Å². The lowest BCUT2D eigenvalue weighted by atomic mass is 10.3. The summed E-state index contributed by atoms with van der Waals surface area (Å²) in [4.78, 5) is 8.35. The number of nitrogens with zero attached hydrogens (tertiary/aromatic N) is 6. The Bertz CT molecular complexity index is 723. The highest BCUT2D eigenvalue weighted by Crippen LogP contribution is 2.19. The van der Waals surface area contributed by atoms with E-state index in [1.807, 2.05) is 6.07 Å². The monoisotopic (exact) mass is 335 g/mol. The maximum absolute atomic E-state index is 5.47. The Morgan fingerprint density at radius 2 is 2.25 bits per heavy atom. The van der Waals surface area contributed by atoms with Crippen LogP contribution in [-0.2, 0) is 13.1 Å². The first-order valence-corrected chi connectivity index (χ1v) is 6.56. The summed E-state index contributed by atoms with van der Waals surface area (Å²) in [6, 6.07) is 1.86. The van der Waals surface area contributed by atoms with Crippen molar-refractivity contribution < 1.29 is 4.52 Å². The molecule has 0 saturated carbocycles. The molecule has 0 aliphatic carbocycles. The molecule has 0 saturated heterocycles. The topological polar surface area (TPSA) is 109 Å². The molecule has 0 amide bonds. The summed E-state index contributed by atoms with van der Waals surface area (Å²) in [7, 11) is 0. The summed E-state index contributed by atoms with van der Waals surface area (Å²) in [5.41, 5.74) is 6.96. The molecule has 3 aromatic heterocycles. The number of nitrogens with two attached hydrogens (primary N) is 1. The summed E-state index contributed by atoms with van der Waals surface area (Å²) < 4.78 is 7.63. The lowest BCUT2D eigenvalue weighted by molar-refractivity contribution is 0.364. The van der Waals surface area contributed by atoms with Gasteiger partial charge < -0.3 is 10.3 Å². The zero-order valence-corrected chi connectivity index (χ0v) is 11.9. The Morgan fingerprint density at radius 1 is 1.35 bits per heavy atom. The number of hydrogen-bond acceptors (Lipinski definition) is 7. The molecule has 0 aliphatic heterocycles. The first-order chi connectivity index (χ1) is 9.74. The second-order valence-electron chi connectivity index (χ2n) is 4.02. The van der Waals surface area contributed by atoms with Gasteiger partial charge in [-0.15, -0.1) is 5.10 Å². The van der Waals surface area contributed by atoms with E-state index in [-0.39, 0.29) is 0 Å². The molecule has 0 radical (unpaired) electrons. The third kappa shape index (κ3) is 2.73. The van der Waals surface area contributed by atoms with Crippen LogP contribution in [0.4, 0.5) is 0 Å². The van der Waals surface area contributed by atoms with Gasteiger partial charge in [0.25, 0.3) is 0 Å². The van der Waals surface area contributed by atoms with E-state index in [0.29, 0.717) is 30.5 Å². The van der Waals surface area contributed by atoms with Gasteiger partial charge in [0.15, 0.2) is 0 Å². The standard InChI is InChI=1S/C11H10BrN7O/c12-8-1-7(3-14-4-8)11-15-10(20-17-11)6-19-5-9(2-13)16-18-19/h1,3-5H,2,6,13H2. The summed E-state index contributed by atoms with van der Waals surface area (Å²) in [6.45, 7) is 0.695. The van der Waals surface area contributed by atoms with Crippen LogP contribution in [0.1, 0.15) is 11.6 Å². The third-order valence-electron chi connectivity index (χ3n) is 2.52. The van der Waals surface area contributed by atoms with E-state index in [9.17, 15) is 0 Å². The second kappa shape index (κ2) is 5.47. The Kier molecular flexibility index (Phi) is 3.52. The molecule has 0 bridgehead atoms. The molecule has 102 valence electrons. The second-order valence-corrected chi connectivity index (χ2v) is 4.93. The summed E-state index contributed by atoms with van der Waals surface area (Å²) in [5.74, 6) is 0.918. The zero-order chi connectivity index (χ0) is 13.9. The van der Waals surface area contributed by atoms with Crippen molar-refractivity contribution in [2.24, 2.45) is 5.73 Å². The molecule has 9 heteroatoms. The summed E-state index contributed by atoms with van der Waals surface area (Å²) in [6.07, 6.45) is 5.10. The van der Waals surface area contributed by atoms with Crippen molar-refractivity contribution in [3.05, 3.63) is 40.7 Å². The molecule has 3 rings (SSSR count). The molecular formula is C11H10BrN7O. The van der Waals surface area contributed by atoms with Crippen LogP contribution >= 0.6 is 15.9 Å². The molecule has 20 heavy (non-hydrogen) atoms. The molecule has 0 fully saturated rings. The highest BCUT2D eigenvalue weighted by atomic mass is 79.9. The van der Waals surface area contributed by atoms with E-state index in [1.165, 1.54) is 0 Å². The van der Waals surface area contributed by atoms with E-state index in [0.717, 1.165) is 10.0 Å². The van der Waals surface area contributed by atoms with Gasteiger partial charge in [-0.3, -0.25) is 4.98 Å². The van der Waals surface area contributed by atoms with Crippen LogP contribution in [0.25, 0.3) is 11.4 Å². The van der Waals surface area contributed by atoms with Crippen LogP contribution in [0.5, 0.6) is 0 Å². The van der Waals surface area contributed by atoms with Crippen molar-refractivity contribution in [1.82, 2.24) is 30.1 Å². The Hall–Kier alpha value is -2.13. The molecule has 0 spiro atoms. The predicted molar refractivity (Wildman–Crippen MR) is 72.2 cm³/mol. The lowest BCUT2D eigenvalue weighted by Crippen LogP contribution is -2.00. The maximum atomic E-state index is 5.47. The average Bonchev–Trinajstić information content (AvgIpc) is 3.08. The predicted octanol–water partition coefficient (Wildman–Crippen LogP) is 0.993. The Morgan fingerprint density at radius 3 is 3.00 bits per heavy atom. The minimum atomic E-state index is 0.346. The Balaban J connectivity index is 1.80. The van der Waals surface area contributed by atoms with Gasteiger partial charge in [0.05, 0.1) is 11.9 Å². The average molecular weight is 336 g/mol. The van der Waals surface area contributed by atoms with Crippen molar-refractivity contribution in [2.75, 3.05) is 0 Å². The molecule has 0 aliphatic rings. The molecule has 2 N–H and O–H groups in total. The van der Waals surface area contributed by atoms with Crippen LogP contribution in [0.2, 0.25) is 0 Å². The van der Waals surface area contributed by atoms with Crippen molar-refractivity contribution in [3.63, 3.8) is 0 Å². The molecule has 3 aromatic rings. The van der Waals surface area contributed by atoms with Crippen LogP contribution in [-0.4, -0.2) is 30.1 Å². The summed E-state index contributed by atoms with van der Waals surface area (Å²) >= 11 is 3.35. The van der Waals surface area contributed by atoms with E-state index in [4.69, 9.17) is 10.3 Å². The third-order valence-corrected chi connectivity index (χ3v) is 2.96. The highest BCUT2D eigenvalue weighted by Gasteiger charge is 2.10. The Labute approximate surface area is 122 Å². The number of halogens is 1. The number of hydrogen-bond donors (Lipinski definition) is 1. The summed E-state index contributed by atoms with van der Waals surface area (Å²) in [5, 5.41) is 11.7. The fourth-order valence-corrected chi connectivity index (χ4v) is 1.98. The quantitative estimate of drug-likeness (QED) is 0.757. The number of pyridine rings is 1. The van der Waals surface area contributed by atoms with Crippen molar-refractivity contribution >= 4 is 15.9 Å². The van der Waals surface area contributed by atoms with E-state index in [2.05, 4.69) is 41.4 Å². The van der Waals surface area contributed by atoms with E-state index < -0.39 is 0 Å². The fraction of sp³-hybridized carbons (Fsp3) is 0.182. The smallest absolute Gasteiger partial charge is 0.248 e. The highest BCUT2D eigenvalue weighted by molar-refractivity contribution is 9.10. The van der Waals surface area contributed by atoms with Crippen LogP contribution in [0.15, 0.2) is 33.7 Å². The van der Waals surface area contributed by atoms with Crippen molar-refractivity contribution in [2.45, 2.75) is 13.1 Å². The first-order valence-electron chi connectivity index (χ1n) is 5.77. The molecule has 0 unspecified atom stereocenters. The van der Waals surface area contributed by atoms with Crippen molar-refractivity contribution in [3.8, 4) is 11.4 Å². The van der Waals surface area contributed by atoms with Crippen molar-refractivity contribution in [1.29, 1.82) is 0 Å². The normalized spacial score (nSPS) is 10.9. The van der Waals surface area contributed by atoms with Gasteiger partial charge in [0, 0.05) is 29.0 Å². The number of rotatable bonds is 4. The van der Waals surface area contributed by atoms with E-state index >= 15 is 0 Å². The molecule has 8 nitrogen and oxygen atoms in total. The van der Waals surface area contributed by atoms with Gasteiger partial charge in [0.1, 0.15) is 6.54 Å². The SMILES string of the molecule is NCc1cn(Cc2nc(-c3cncc(Br)c3)no2)nn1. The lowest BCUT2D eigenvalue weighted by Gasteiger charge is -1.94. The van der Waals surface area contributed by atoms with Crippen LogP contribution in [0.3, 0.4) is 0 Å².